The lowest BCUT2D eigenvalue weighted by molar-refractivity contribution is 0.602. The molecule has 88 valence electrons. The highest BCUT2D eigenvalue weighted by atomic mass is 35.5. The molecule has 0 saturated carbocycles. The number of hydrogen-bond acceptors (Lipinski definition) is 3. The van der Waals surface area contributed by atoms with Gasteiger partial charge in [-0.25, -0.2) is 8.42 Å². The van der Waals surface area contributed by atoms with Crippen LogP contribution < -0.4 is 5.32 Å². The van der Waals surface area contributed by atoms with Crippen LogP contribution in [0.2, 0.25) is 5.02 Å². The highest BCUT2D eigenvalue weighted by molar-refractivity contribution is 7.91. The Morgan fingerprint density at radius 2 is 2.19 bits per heavy atom. The fourth-order valence-electron chi connectivity index (χ4n) is 1.93. The van der Waals surface area contributed by atoms with Gasteiger partial charge in [0.05, 0.1) is 22.2 Å². The van der Waals surface area contributed by atoms with Crippen LogP contribution in [0, 0.1) is 6.92 Å². The Balaban J connectivity index is 2.16. The lowest BCUT2D eigenvalue weighted by Gasteiger charge is -2.15. The molecule has 0 spiro atoms. The zero-order valence-corrected chi connectivity index (χ0v) is 10.6. The molecule has 1 aromatic carbocycles. The molecule has 0 aliphatic carbocycles. The minimum absolute atomic E-state index is 0.0106. The molecular formula is C11H14ClNO2S. The van der Waals surface area contributed by atoms with E-state index >= 15 is 0 Å². The number of sulfone groups is 1. The van der Waals surface area contributed by atoms with Crippen molar-refractivity contribution < 1.29 is 8.42 Å². The molecule has 1 unspecified atom stereocenters. The van der Waals surface area contributed by atoms with Crippen molar-refractivity contribution in [3.05, 3.63) is 28.8 Å². The smallest absolute Gasteiger partial charge is 0.152 e. The van der Waals surface area contributed by atoms with Crippen LogP contribution in [0.4, 0.5) is 5.69 Å². The van der Waals surface area contributed by atoms with Crippen LogP contribution in [0.1, 0.15) is 12.0 Å². The normalized spacial score (nSPS) is 23.2. The molecule has 2 rings (SSSR count). The topological polar surface area (TPSA) is 46.2 Å². The highest BCUT2D eigenvalue weighted by Gasteiger charge is 2.28. The third-order valence-electron chi connectivity index (χ3n) is 2.80. The zero-order valence-electron chi connectivity index (χ0n) is 9.03. The summed E-state index contributed by atoms with van der Waals surface area (Å²) in [5.41, 5.74) is 1.89. The lowest BCUT2D eigenvalue weighted by Crippen LogP contribution is -2.21. The van der Waals surface area contributed by atoms with E-state index in [1.165, 1.54) is 0 Å². The van der Waals surface area contributed by atoms with E-state index in [1.807, 2.05) is 19.1 Å². The Morgan fingerprint density at radius 3 is 2.75 bits per heavy atom. The fourth-order valence-corrected chi connectivity index (χ4v) is 3.88. The number of halogens is 1. The van der Waals surface area contributed by atoms with Crippen molar-refractivity contribution in [1.82, 2.24) is 0 Å². The standard InChI is InChI=1S/C11H14ClNO2S/c1-8-3-2-4-10(12)11(8)13-9-5-6-16(14,15)7-9/h2-4,9,13H,5-7H2,1H3. The number of benzene rings is 1. The van der Waals surface area contributed by atoms with E-state index in [2.05, 4.69) is 5.32 Å². The van der Waals surface area contributed by atoms with Crippen molar-refractivity contribution in [3.8, 4) is 0 Å². The largest absolute Gasteiger partial charge is 0.380 e. The molecule has 1 saturated heterocycles. The second-order valence-electron chi connectivity index (χ2n) is 4.18. The molecule has 1 aliphatic heterocycles. The molecule has 3 nitrogen and oxygen atoms in total. The SMILES string of the molecule is Cc1cccc(Cl)c1NC1CCS(=O)(=O)C1. The molecule has 0 radical (unpaired) electrons. The summed E-state index contributed by atoms with van der Waals surface area (Å²) in [5, 5.41) is 3.86. The van der Waals surface area contributed by atoms with Crippen molar-refractivity contribution in [2.45, 2.75) is 19.4 Å². The van der Waals surface area contributed by atoms with E-state index in [9.17, 15) is 8.42 Å². The van der Waals surface area contributed by atoms with Crippen LogP contribution in [-0.2, 0) is 9.84 Å². The molecule has 1 heterocycles. The molecule has 1 N–H and O–H groups in total. The Hall–Kier alpha value is -0.740. The van der Waals surface area contributed by atoms with Crippen LogP contribution in [-0.4, -0.2) is 26.0 Å². The predicted molar refractivity (Wildman–Crippen MR) is 66.9 cm³/mol. The third kappa shape index (κ3) is 2.50. The van der Waals surface area contributed by atoms with Gasteiger partial charge < -0.3 is 5.32 Å². The number of aryl methyl sites for hydroxylation is 1. The Bertz CT molecular complexity index is 478. The van der Waals surface area contributed by atoms with E-state index in [0.29, 0.717) is 11.4 Å². The average molecular weight is 260 g/mol. The van der Waals surface area contributed by atoms with Crippen molar-refractivity contribution in [3.63, 3.8) is 0 Å². The molecule has 0 aromatic heterocycles. The fraction of sp³-hybridized carbons (Fsp3) is 0.455. The summed E-state index contributed by atoms with van der Waals surface area (Å²) in [6.45, 7) is 1.96. The van der Waals surface area contributed by atoms with Gasteiger partial charge in [0.1, 0.15) is 0 Å². The second kappa shape index (κ2) is 4.26. The number of hydrogen-bond donors (Lipinski definition) is 1. The average Bonchev–Trinajstić information content (AvgIpc) is 2.52. The van der Waals surface area contributed by atoms with Gasteiger partial charge in [-0.2, -0.15) is 0 Å². The van der Waals surface area contributed by atoms with Crippen LogP contribution in [0.15, 0.2) is 18.2 Å². The van der Waals surface area contributed by atoms with E-state index < -0.39 is 9.84 Å². The molecule has 5 heteroatoms. The maximum Gasteiger partial charge on any atom is 0.152 e. The van der Waals surface area contributed by atoms with Crippen LogP contribution >= 0.6 is 11.6 Å². The van der Waals surface area contributed by atoms with Gasteiger partial charge in [0.15, 0.2) is 9.84 Å². The Morgan fingerprint density at radius 1 is 1.44 bits per heavy atom. The van der Waals surface area contributed by atoms with Gasteiger partial charge in [0.2, 0.25) is 0 Å². The third-order valence-corrected chi connectivity index (χ3v) is 4.89. The molecule has 1 fully saturated rings. The van der Waals surface area contributed by atoms with Gasteiger partial charge >= 0.3 is 0 Å². The molecule has 16 heavy (non-hydrogen) atoms. The summed E-state index contributed by atoms with van der Waals surface area (Å²) < 4.78 is 22.7. The summed E-state index contributed by atoms with van der Waals surface area (Å²) in [6, 6.07) is 5.63. The first kappa shape index (κ1) is 11.7. The van der Waals surface area contributed by atoms with E-state index in [4.69, 9.17) is 11.6 Å². The number of anilines is 1. The van der Waals surface area contributed by atoms with Crippen LogP contribution in [0.5, 0.6) is 0 Å². The highest BCUT2D eigenvalue weighted by Crippen LogP contribution is 2.27. The predicted octanol–water partition coefficient (Wildman–Crippen LogP) is 2.25. The first-order chi connectivity index (χ1) is 7.48. The quantitative estimate of drug-likeness (QED) is 0.886. The van der Waals surface area contributed by atoms with Gasteiger partial charge in [-0.3, -0.25) is 0 Å². The Labute approximate surface area is 101 Å². The lowest BCUT2D eigenvalue weighted by atomic mass is 10.1. The number of para-hydroxylation sites is 1. The van der Waals surface area contributed by atoms with Gasteiger partial charge in [0, 0.05) is 6.04 Å². The Kier molecular flexibility index (Phi) is 3.13. The zero-order chi connectivity index (χ0) is 11.8. The van der Waals surface area contributed by atoms with Crippen molar-refractivity contribution in [2.24, 2.45) is 0 Å². The van der Waals surface area contributed by atoms with E-state index in [-0.39, 0.29) is 17.5 Å². The van der Waals surface area contributed by atoms with Gasteiger partial charge in [-0.05, 0) is 25.0 Å². The first-order valence-corrected chi connectivity index (χ1v) is 7.40. The van der Waals surface area contributed by atoms with Gasteiger partial charge in [0.25, 0.3) is 0 Å². The number of nitrogens with one attached hydrogen (secondary N) is 1. The summed E-state index contributed by atoms with van der Waals surface area (Å²) in [5.74, 6) is 0.478. The summed E-state index contributed by atoms with van der Waals surface area (Å²) in [4.78, 5) is 0. The van der Waals surface area contributed by atoms with Crippen LogP contribution in [0.25, 0.3) is 0 Å². The second-order valence-corrected chi connectivity index (χ2v) is 6.81. The van der Waals surface area contributed by atoms with Gasteiger partial charge in [-0.1, -0.05) is 23.7 Å². The molecule has 0 amide bonds. The molecule has 1 aliphatic rings. The summed E-state index contributed by atoms with van der Waals surface area (Å²) >= 11 is 6.07. The van der Waals surface area contributed by atoms with Crippen molar-refractivity contribution >= 4 is 27.1 Å². The van der Waals surface area contributed by atoms with Gasteiger partial charge in [-0.15, -0.1) is 0 Å². The minimum Gasteiger partial charge on any atom is -0.380 e. The molecular weight excluding hydrogens is 246 g/mol. The summed E-state index contributed by atoms with van der Waals surface area (Å²) in [7, 11) is -2.85. The molecule has 1 aromatic rings. The van der Waals surface area contributed by atoms with Crippen molar-refractivity contribution in [2.75, 3.05) is 16.8 Å². The maximum absolute atomic E-state index is 11.3. The molecule has 1 atom stereocenters. The summed E-state index contributed by atoms with van der Waals surface area (Å²) in [6.07, 6.45) is 0.660. The minimum atomic E-state index is -2.85. The monoisotopic (exact) mass is 259 g/mol. The van der Waals surface area contributed by atoms with E-state index in [0.717, 1.165) is 11.3 Å². The van der Waals surface area contributed by atoms with Crippen LogP contribution in [0.3, 0.4) is 0 Å². The van der Waals surface area contributed by atoms with E-state index in [1.54, 1.807) is 6.07 Å². The number of rotatable bonds is 2. The first-order valence-electron chi connectivity index (χ1n) is 5.20. The molecule has 0 bridgehead atoms. The van der Waals surface area contributed by atoms with Crippen molar-refractivity contribution in [1.29, 1.82) is 0 Å². The maximum atomic E-state index is 11.3.